The van der Waals surface area contributed by atoms with E-state index in [0.29, 0.717) is 19.4 Å². The van der Waals surface area contributed by atoms with Gasteiger partial charge in [0.05, 0.1) is 20.5 Å². The summed E-state index contributed by atoms with van der Waals surface area (Å²) in [6, 6.07) is 5.63. The van der Waals surface area contributed by atoms with Crippen LogP contribution in [0.15, 0.2) is 23.6 Å². The van der Waals surface area contributed by atoms with Gasteiger partial charge in [-0.05, 0) is 25.1 Å². The van der Waals surface area contributed by atoms with Crippen LogP contribution in [0, 0.1) is 6.92 Å². The fraction of sp³-hybridized carbons (Fsp3) is 0.0769. The summed E-state index contributed by atoms with van der Waals surface area (Å²) >= 11 is 16.0. The van der Waals surface area contributed by atoms with Crippen molar-refractivity contribution in [2.24, 2.45) is 0 Å². The molecule has 0 radical (unpaired) electrons. The summed E-state index contributed by atoms with van der Waals surface area (Å²) in [5.74, 6) is -0.300. The molecule has 3 aromatic heterocycles. The van der Waals surface area contributed by atoms with E-state index in [1.54, 1.807) is 17.4 Å². The number of amides is 1. The monoisotopic (exact) mass is 374 g/mol. The minimum Gasteiger partial charge on any atom is -0.298 e. The van der Waals surface area contributed by atoms with Gasteiger partial charge in [0.2, 0.25) is 0 Å². The zero-order valence-corrected chi connectivity index (χ0v) is 14.6. The second kappa shape index (κ2) is 6.06. The van der Waals surface area contributed by atoms with Crippen LogP contribution in [0.1, 0.15) is 15.2 Å². The summed E-state index contributed by atoms with van der Waals surface area (Å²) < 4.78 is 0.863. The molecule has 0 unspecified atom stereocenters. The van der Waals surface area contributed by atoms with Crippen molar-refractivity contribution in [2.75, 3.05) is 5.32 Å². The highest BCUT2D eigenvalue weighted by molar-refractivity contribution is 7.20. The quantitative estimate of drug-likeness (QED) is 0.629. The highest BCUT2D eigenvalue weighted by atomic mass is 35.5. The fourth-order valence-electron chi connectivity index (χ4n) is 1.68. The predicted octanol–water partition coefficient (Wildman–Crippen LogP) is 5.80. The number of carbonyl (C=O) groups is 1. The van der Waals surface area contributed by atoms with Crippen molar-refractivity contribution in [1.82, 2.24) is 4.98 Å². The molecule has 0 fully saturated rings. The van der Waals surface area contributed by atoms with E-state index in [2.05, 4.69) is 10.3 Å². The molecule has 0 spiro atoms. The van der Waals surface area contributed by atoms with Crippen LogP contribution >= 0.6 is 57.2 Å². The summed E-state index contributed by atoms with van der Waals surface area (Å²) in [5.41, 5.74) is 1.23. The largest absolute Gasteiger partial charge is 0.298 e. The van der Waals surface area contributed by atoms with Gasteiger partial charge in [0, 0.05) is 10.3 Å². The molecule has 3 aromatic rings. The third-order valence-corrected chi connectivity index (χ3v) is 5.89. The molecular formula is C13H8Cl2N2OS3. The molecule has 0 aliphatic rings. The van der Waals surface area contributed by atoms with Gasteiger partial charge in [0.15, 0.2) is 5.13 Å². The number of nitrogens with one attached hydrogen (secondary N) is 1. The molecule has 0 aromatic carbocycles. The van der Waals surface area contributed by atoms with Gasteiger partial charge in [0.25, 0.3) is 5.91 Å². The normalized spacial score (nSPS) is 10.8. The Morgan fingerprint density at radius 1 is 1.29 bits per heavy atom. The summed E-state index contributed by atoms with van der Waals surface area (Å²) in [6.45, 7) is 2.05. The molecule has 8 heteroatoms. The Morgan fingerprint density at radius 2 is 2.10 bits per heavy atom. The second-order valence-corrected chi connectivity index (χ2v) is 8.57. The molecule has 0 aliphatic carbocycles. The minimum atomic E-state index is -0.300. The maximum Gasteiger partial charge on any atom is 0.259 e. The van der Waals surface area contributed by atoms with Crippen LogP contribution in [0.5, 0.6) is 0 Å². The molecule has 0 aliphatic heterocycles. The van der Waals surface area contributed by atoms with Crippen LogP contribution in [0.4, 0.5) is 5.13 Å². The van der Waals surface area contributed by atoms with Crippen LogP contribution in [0.3, 0.4) is 0 Å². The molecule has 1 N–H and O–H groups in total. The number of thiazole rings is 1. The van der Waals surface area contributed by atoms with Gasteiger partial charge in [-0.3, -0.25) is 10.1 Å². The van der Waals surface area contributed by atoms with E-state index in [-0.39, 0.29) is 5.91 Å². The van der Waals surface area contributed by atoms with Gasteiger partial charge in [0.1, 0.15) is 4.34 Å². The maximum atomic E-state index is 12.1. The molecule has 3 rings (SSSR count). The molecular weight excluding hydrogens is 367 g/mol. The molecule has 108 valence electrons. The Morgan fingerprint density at radius 3 is 2.71 bits per heavy atom. The Balaban J connectivity index is 1.78. The second-order valence-electron chi connectivity index (χ2n) is 4.14. The number of hydrogen-bond acceptors (Lipinski definition) is 5. The minimum absolute atomic E-state index is 0.300. The van der Waals surface area contributed by atoms with Crippen molar-refractivity contribution in [3.05, 3.63) is 42.7 Å². The number of thiophene rings is 2. The number of aryl methyl sites for hydroxylation is 1. The Labute approximate surface area is 143 Å². The fourth-order valence-corrected chi connectivity index (χ4v) is 4.74. The van der Waals surface area contributed by atoms with Gasteiger partial charge in [-0.25, -0.2) is 4.98 Å². The third-order valence-electron chi connectivity index (χ3n) is 2.62. The van der Waals surface area contributed by atoms with Crippen LogP contribution < -0.4 is 5.32 Å². The number of carbonyl (C=O) groups excluding carboxylic acids is 1. The molecule has 3 heterocycles. The highest BCUT2D eigenvalue weighted by Crippen LogP contribution is 2.33. The SMILES string of the molecule is Cc1ccc(-c2csc(NC(=O)c3cc(Cl)sc3Cl)n2)s1. The lowest BCUT2D eigenvalue weighted by Gasteiger charge is -1.99. The topological polar surface area (TPSA) is 42.0 Å². The first-order valence-corrected chi connectivity index (χ1v) is 9.08. The third kappa shape index (κ3) is 3.30. The first kappa shape index (κ1) is 15.0. The van der Waals surface area contributed by atoms with Gasteiger partial charge in [-0.1, -0.05) is 23.2 Å². The van der Waals surface area contributed by atoms with Crippen molar-refractivity contribution in [3.63, 3.8) is 0 Å². The lowest BCUT2D eigenvalue weighted by atomic mass is 10.3. The first-order valence-electron chi connectivity index (χ1n) is 5.81. The smallest absolute Gasteiger partial charge is 0.259 e. The predicted molar refractivity (Wildman–Crippen MR) is 92.5 cm³/mol. The molecule has 0 saturated heterocycles. The average molecular weight is 375 g/mol. The summed E-state index contributed by atoms with van der Waals surface area (Å²) in [6.07, 6.45) is 0. The van der Waals surface area contributed by atoms with Gasteiger partial charge in [-0.2, -0.15) is 0 Å². The van der Waals surface area contributed by atoms with Crippen LogP contribution in [-0.2, 0) is 0 Å². The molecule has 0 bridgehead atoms. The lowest BCUT2D eigenvalue weighted by molar-refractivity contribution is 0.102. The molecule has 3 nitrogen and oxygen atoms in total. The summed E-state index contributed by atoms with van der Waals surface area (Å²) in [4.78, 5) is 18.8. The summed E-state index contributed by atoms with van der Waals surface area (Å²) in [7, 11) is 0. The lowest BCUT2D eigenvalue weighted by Crippen LogP contribution is -2.11. The first-order chi connectivity index (χ1) is 10.0. The number of nitrogens with zero attached hydrogens (tertiary/aromatic N) is 1. The molecule has 0 saturated carbocycles. The standard InChI is InChI=1S/C13H8Cl2N2OS3/c1-6-2-3-9(20-6)8-5-19-13(16-8)17-12(18)7-4-10(14)21-11(7)15/h2-5H,1H3,(H,16,17,18). The average Bonchev–Trinajstić information content (AvgIpc) is 3.10. The maximum absolute atomic E-state index is 12.1. The van der Waals surface area contributed by atoms with Gasteiger partial charge >= 0.3 is 0 Å². The van der Waals surface area contributed by atoms with Crippen molar-refractivity contribution < 1.29 is 4.79 Å². The Kier molecular flexibility index (Phi) is 4.33. The number of halogens is 2. The molecule has 0 atom stereocenters. The van der Waals surface area contributed by atoms with E-state index in [1.165, 1.54) is 27.6 Å². The number of hydrogen-bond donors (Lipinski definition) is 1. The van der Waals surface area contributed by atoms with Crippen LogP contribution in [-0.4, -0.2) is 10.9 Å². The van der Waals surface area contributed by atoms with E-state index in [9.17, 15) is 4.79 Å². The van der Waals surface area contributed by atoms with Crippen LogP contribution in [0.2, 0.25) is 8.67 Å². The van der Waals surface area contributed by atoms with E-state index in [0.717, 1.165) is 10.6 Å². The highest BCUT2D eigenvalue weighted by Gasteiger charge is 2.16. The van der Waals surface area contributed by atoms with E-state index in [4.69, 9.17) is 23.2 Å². The van der Waals surface area contributed by atoms with Crippen molar-refractivity contribution in [3.8, 4) is 10.6 Å². The van der Waals surface area contributed by atoms with Gasteiger partial charge < -0.3 is 0 Å². The van der Waals surface area contributed by atoms with Gasteiger partial charge in [-0.15, -0.1) is 34.0 Å². The van der Waals surface area contributed by atoms with E-state index >= 15 is 0 Å². The molecule has 1 amide bonds. The van der Waals surface area contributed by atoms with Crippen molar-refractivity contribution >= 4 is 68.3 Å². The van der Waals surface area contributed by atoms with Crippen molar-refractivity contribution in [2.45, 2.75) is 6.92 Å². The van der Waals surface area contributed by atoms with Crippen LogP contribution in [0.25, 0.3) is 10.6 Å². The molecule has 21 heavy (non-hydrogen) atoms. The number of rotatable bonds is 3. The zero-order chi connectivity index (χ0) is 15.0. The summed E-state index contributed by atoms with van der Waals surface area (Å²) in [5, 5.41) is 5.21. The van der Waals surface area contributed by atoms with E-state index in [1.807, 2.05) is 24.4 Å². The Bertz CT molecular complexity index is 806. The number of aromatic nitrogens is 1. The van der Waals surface area contributed by atoms with E-state index < -0.39 is 0 Å². The number of anilines is 1. The zero-order valence-electron chi connectivity index (χ0n) is 10.6. The Hall–Kier alpha value is -0.920. The van der Waals surface area contributed by atoms with Crippen molar-refractivity contribution in [1.29, 1.82) is 0 Å².